The maximum atomic E-state index is 13.7. The van der Waals surface area contributed by atoms with Crippen molar-refractivity contribution in [2.24, 2.45) is 0 Å². The fourth-order valence-electron chi connectivity index (χ4n) is 4.95. The summed E-state index contributed by atoms with van der Waals surface area (Å²) in [5.41, 5.74) is 7.27. The van der Waals surface area contributed by atoms with Crippen LogP contribution in [0.1, 0.15) is 58.9 Å². The van der Waals surface area contributed by atoms with Crippen molar-refractivity contribution in [2.75, 3.05) is 11.9 Å². The highest BCUT2D eigenvalue weighted by molar-refractivity contribution is 6.13. The lowest BCUT2D eigenvalue weighted by Gasteiger charge is -2.27. The van der Waals surface area contributed by atoms with E-state index in [4.69, 9.17) is 4.98 Å². The zero-order valence-corrected chi connectivity index (χ0v) is 20.0. The molecule has 34 heavy (non-hydrogen) atoms. The van der Waals surface area contributed by atoms with Gasteiger partial charge < -0.3 is 10.2 Å². The lowest BCUT2D eigenvalue weighted by molar-refractivity contribution is -0.929. The van der Waals surface area contributed by atoms with Crippen LogP contribution in [0.2, 0.25) is 0 Å². The van der Waals surface area contributed by atoms with Gasteiger partial charge in [-0.1, -0.05) is 74.5 Å². The Kier molecular flexibility index (Phi) is 6.41. The topological polar surface area (TPSA) is 46.4 Å². The Hall–Kier alpha value is -3.50. The van der Waals surface area contributed by atoms with Gasteiger partial charge >= 0.3 is 0 Å². The highest BCUT2D eigenvalue weighted by Gasteiger charge is 2.28. The highest BCUT2D eigenvalue weighted by atomic mass is 16.1. The van der Waals surface area contributed by atoms with Gasteiger partial charge in [0, 0.05) is 28.6 Å². The molecule has 0 saturated heterocycles. The molecule has 4 nitrogen and oxygen atoms in total. The van der Waals surface area contributed by atoms with Gasteiger partial charge in [-0.3, -0.25) is 9.78 Å². The van der Waals surface area contributed by atoms with Crippen molar-refractivity contribution in [3.63, 3.8) is 0 Å². The third-order valence-electron chi connectivity index (χ3n) is 7.10. The molecule has 0 spiro atoms. The molecule has 5 rings (SSSR count). The van der Waals surface area contributed by atoms with Crippen molar-refractivity contribution in [3.05, 3.63) is 107 Å². The van der Waals surface area contributed by atoms with E-state index in [2.05, 4.69) is 61.6 Å². The summed E-state index contributed by atoms with van der Waals surface area (Å²) < 4.78 is 0. The van der Waals surface area contributed by atoms with Crippen LogP contribution in [0.4, 0.5) is 5.69 Å². The maximum absolute atomic E-state index is 13.7. The Labute approximate surface area is 201 Å². The lowest BCUT2D eigenvalue weighted by Crippen LogP contribution is -3.10. The second-order valence-electron chi connectivity index (χ2n) is 9.40. The Bertz CT molecular complexity index is 1300. The lowest BCUT2D eigenvalue weighted by atomic mass is 9.94. The van der Waals surface area contributed by atoms with E-state index in [-0.39, 0.29) is 5.91 Å². The van der Waals surface area contributed by atoms with Gasteiger partial charge in [0.05, 0.1) is 23.3 Å². The minimum atomic E-state index is -0.0490. The van der Waals surface area contributed by atoms with Gasteiger partial charge in [0.15, 0.2) is 0 Å². The molecule has 1 aliphatic rings. The molecule has 0 radical (unpaired) electrons. The Morgan fingerprint density at radius 2 is 1.74 bits per heavy atom. The average Bonchev–Trinajstić information content (AvgIpc) is 2.88. The van der Waals surface area contributed by atoms with Crippen molar-refractivity contribution in [1.82, 2.24) is 4.98 Å². The normalized spacial score (nSPS) is 16.1. The number of pyridine rings is 1. The number of benzene rings is 3. The van der Waals surface area contributed by atoms with E-state index in [1.165, 1.54) is 16.0 Å². The number of carbonyl (C=O) groups is 1. The van der Waals surface area contributed by atoms with Crippen LogP contribution >= 0.6 is 0 Å². The number of carbonyl (C=O) groups excluding carboxylic acids is 1. The van der Waals surface area contributed by atoms with Gasteiger partial charge in [-0.2, -0.15) is 0 Å². The molecular weight excluding hydrogens is 418 g/mol. The monoisotopic (exact) mass is 450 g/mol. The molecule has 1 aliphatic heterocycles. The first-order valence-corrected chi connectivity index (χ1v) is 12.3. The van der Waals surface area contributed by atoms with Crippen LogP contribution in [0.5, 0.6) is 0 Å². The number of para-hydroxylation sites is 1. The molecule has 1 unspecified atom stereocenters. The molecule has 3 aromatic carbocycles. The second-order valence-corrected chi connectivity index (χ2v) is 9.40. The summed E-state index contributed by atoms with van der Waals surface area (Å²) in [6.07, 6.45) is 1.98. The van der Waals surface area contributed by atoms with E-state index in [0.717, 1.165) is 65.9 Å². The fraction of sp³-hybridized carbons (Fsp3) is 0.267. The minimum Gasteiger partial charge on any atom is -0.327 e. The molecule has 2 atom stereocenters. The summed E-state index contributed by atoms with van der Waals surface area (Å²) in [5, 5.41) is 4.10. The number of hydrogen-bond acceptors (Lipinski definition) is 2. The first-order chi connectivity index (χ1) is 16.6. The SMILES string of the molecule is CC[C@@H](C)c1ccc(NC(=O)c2c3c(nc4ccccc24)CC[NH+](Cc2ccccc2)C3)cc1. The second kappa shape index (κ2) is 9.78. The number of nitrogens with zero attached hydrogens (tertiary/aromatic N) is 1. The largest absolute Gasteiger partial charge is 0.327 e. The van der Waals surface area contributed by atoms with Crippen molar-refractivity contribution in [2.45, 2.75) is 45.7 Å². The molecule has 0 bridgehead atoms. The van der Waals surface area contributed by atoms with E-state index in [0.29, 0.717) is 5.92 Å². The third kappa shape index (κ3) is 4.59. The third-order valence-corrected chi connectivity index (χ3v) is 7.10. The van der Waals surface area contributed by atoms with E-state index in [1.54, 1.807) is 0 Å². The molecule has 0 aliphatic carbocycles. The van der Waals surface area contributed by atoms with Gasteiger partial charge in [-0.15, -0.1) is 0 Å². The maximum Gasteiger partial charge on any atom is 0.256 e. The zero-order chi connectivity index (χ0) is 23.5. The van der Waals surface area contributed by atoms with Gasteiger partial charge in [-0.05, 0) is 36.1 Å². The number of fused-ring (bicyclic) bond motifs is 2. The summed E-state index contributed by atoms with van der Waals surface area (Å²) in [7, 11) is 0. The molecule has 0 saturated carbocycles. The van der Waals surface area contributed by atoms with E-state index in [9.17, 15) is 4.79 Å². The van der Waals surface area contributed by atoms with Crippen molar-refractivity contribution in [3.8, 4) is 0 Å². The number of amides is 1. The molecule has 2 heterocycles. The molecular formula is C30H32N3O+. The van der Waals surface area contributed by atoms with Crippen LogP contribution in [0.15, 0.2) is 78.9 Å². The predicted molar refractivity (Wildman–Crippen MR) is 138 cm³/mol. The summed E-state index contributed by atoms with van der Waals surface area (Å²) in [5.74, 6) is 0.464. The molecule has 172 valence electrons. The minimum absolute atomic E-state index is 0.0490. The fourth-order valence-corrected chi connectivity index (χ4v) is 4.95. The van der Waals surface area contributed by atoms with E-state index < -0.39 is 0 Å². The van der Waals surface area contributed by atoms with Crippen LogP contribution in [0.25, 0.3) is 10.9 Å². The molecule has 4 aromatic rings. The Morgan fingerprint density at radius 3 is 2.50 bits per heavy atom. The quantitative estimate of drug-likeness (QED) is 0.427. The number of nitrogens with one attached hydrogen (secondary N) is 2. The molecule has 1 aromatic heterocycles. The molecule has 4 heteroatoms. The van der Waals surface area contributed by atoms with Gasteiger partial charge in [0.1, 0.15) is 13.1 Å². The summed E-state index contributed by atoms with van der Waals surface area (Å²) in [6, 6.07) is 26.9. The van der Waals surface area contributed by atoms with E-state index in [1.807, 2.05) is 36.4 Å². The van der Waals surface area contributed by atoms with Gasteiger partial charge in [0.2, 0.25) is 0 Å². The van der Waals surface area contributed by atoms with Crippen LogP contribution in [0.3, 0.4) is 0 Å². The summed E-state index contributed by atoms with van der Waals surface area (Å²) in [6.45, 7) is 7.20. The summed E-state index contributed by atoms with van der Waals surface area (Å²) >= 11 is 0. The first-order valence-electron chi connectivity index (χ1n) is 12.3. The highest BCUT2D eigenvalue weighted by Crippen LogP contribution is 2.27. The zero-order valence-electron chi connectivity index (χ0n) is 20.0. The number of anilines is 1. The average molecular weight is 451 g/mol. The Balaban J connectivity index is 1.47. The van der Waals surface area contributed by atoms with Crippen LogP contribution in [-0.2, 0) is 19.5 Å². The number of hydrogen-bond donors (Lipinski definition) is 2. The molecule has 0 fully saturated rings. The number of aromatic nitrogens is 1. The summed E-state index contributed by atoms with van der Waals surface area (Å²) in [4.78, 5) is 20.1. The van der Waals surface area contributed by atoms with Crippen molar-refractivity contribution >= 4 is 22.5 Å². The van der Waals surface area contributed by atoms with Crippen molar-refractivity contribution in [1.29, 1.82) is 0 Å². The Morgan fingerprint density at radius 1 is 1.00 bits per heavy atom. The molecule has 1 amide bonds. The van der Waals surface area contributed by atoms with Crippen molar-refractivity contribution < 1.29 is 9.69 Å². The van der Waals surface area contributed by atoms with Gasteiger partial charge in [-0.25, -0.2) is 0 Å². The van der Waals surface area contributed by atoms with E-state index >= 15 is 0 Å². The smallest absolute Gasteiger partial charge is 0.256 e. The number of rotatable bonds is 6. The number of quaternary nitrogens is 1. The molecule has 2 N–H and O–H groups in total. The standard InChI is InChI=1S/C30H31N3O/c1-3-21(2)23-13-15-24(16-14-23)31-30(34)29-25-11-7-8-12-27(25)32-28-17-18-33(20-26(28)29)19-22-9-5-4-6-10-22/h4-16,21H,3,17-20H2,1-2H3,(H,31,34)/p+1/t21-/m1/s1. The first kappa shape index (κ1) is 22.3. The van der Waals surface area contributed by atoms with Crippen LogP contribution in [0, 0.1) is 0 Å². The predicted octanol–water partition coefficient (Wildman–Crippen LogP) is 5.14. The van der Waals surface area contributed by atoms with Crippen LogP contribution in [-0.4, -0.2) is 17.4 Å². The van der Waals surface area contributed by atoms with Crippen LogP contribution < -0.4 is 10.2 Å². The van der Waals surface area contributed by atoms with Gasteiger partial charge in [0.25, 0.3) is 5.91 Å².